The summed E-state index contributed by atoms with van der Waals surface area (Å²) in [7, 11) is 3.84. The molecule has 0 spiro atoms. The Hall–Kier alpha value is -2.83. The second kappa shape index (κ2) is 8.51. The average molecular weight is 358 g/mol. The molecule has 1 amide bonds. The number of nitrogens with zero attached hydrogens (tertiary/aromatic N) is 3. The fourth-order valence-electron chi connectivity index (χ4n) is 2.34. The summed E-state index contributed by atoms with van der Waals surface area (Å²) in [4.78, 5) is 26.5. The van der Waals surface area contributed by atoms with Gasteiger partial charge in [0.05, 0.1) is 17.8 Å². The van der Waals surface area contributed by atoms with Crippen LogP contribution in [-0.4, -0.2) is 41.9 Å². The second-order valence-corrected chi connectivity index (χ2v) is 6.40. The van der Waals surface area contributed by atoms with Gasteiger partial charge in [-0.25, -0.2) is 9.48 Å². The lowest BCUT2D eigenvalue weighted by Crippen LogP contribution is -2.31. The van der Waals surface area contributed by atoms with E-state index >= 15 is 0 Å². The maximum absolute atomic E-state index is 12.3. The summed E-state index contributed by atoms with van der Waals surface area (Å²) in [5, 5.41) is 6.98. The van der Waals surface area contributed by atoms with Gasteiger partial charge in [0.2, 0.25) is 0 Å². The minimum Gasteiger partial charge on any atom is -0.449 e. The van der Waals surface area contributed by atoms with E-state index in [1.807, 2.05) is 45.0 Å². The number of nitrogens with one attached hydrogen (secondary N) is 1. The Morgan fingerprint density at radius 1 is 1.19 bits per heavy atom. The van der Waals surface area contributed by atoms with Crippen molar-refractivity contribution in [2.75, 3.05) is 24.3 Å². The van der Waals surface area contributed by atoms with Crippen LogP contribution in [0.25, 0.3) is 0 Å². The Morgan fingerprint density at radius 2 is 1.85 bits per heavy atom. The number of ether oxygens (including phenoxy) is 1. The molecule has 1 heterocycles. The number of carbonyl (C=O) groups excluding carboxylic acids is 2. The van der Waals surface area contributed by atoms with E-state index in [0.29, 0.717) is 11.4 Å². The molecule has 7 heteroatoms. The normalized spacial score (nSPS) is 13.0. The SMILES string of the molecule is CC[C@H](C)n1nccc1NC(=O)[C@@H](C)OC(=O)c1ccc(N(C)C)cc1. The van der Waals surface area contributed by atoms with Gasteiger partial charge in [-0.1, -0.05) is 6.92 Å². The first-order valence-electron chi connectivity index (χ1n) is 8.66. The summed E-state index contributed by atoms with van der Waals surface area (Å²) >= 11 is 0. The highest BCUT2D eigenvalue weighted by atomic mass is 16.5. The predicted molar refractivity (Wildman–Crippen MR) is 102 cm³/mol. The minimum absolute atomic E-state index is 0.161. The third-order valence-electron chi connectivity index (χ3n) is 4.20. The number of hydrogen-bond acceptors (Lipinski definition) is 5. The van der Waals surface area contributed by atoms with E-state index in [-0.39, 0.29) is 6.04 Å². The lowest BCUT2D eigenvalue weighted by Gasteiger charge is -2.17. The Morgan fingerprint density at radius 3 is 2.42 bits per heavy atom. The Bertz CT molecular complexity index is 752. The van der Waals surface area contributed by atoms with Crippen molar-refractivity contribution in [2.24, 2.45) is 0 Å². The first-order valence-corrected chi connectivity index (χ1v) is 8.66. The third kappa shape index (κ3) is 4.62. The monoisotopic (exact) mass is 358 g/mol. The Labute approximate surface area is 153 Å². The van der Waals surface area contributed by atoms with Gasteiger partial charge in [0.15, 0.2) is 6.10 Å². The van der Waals surface area contributed by atoms with Crippen LogP contribution in [0.4, 0.5) is 11.5 Å². The van der Waals surface area contributed by atoms with Gasteiger partial charge in [-0.2, -0.15) is 5.10 Å². The number of amides is 1. The topological polar surface area (TPSA) is 76.5 Å². The molecule has 2 atom stereocenters. The molecule has 2 rings (SSSR count). The zero-order valence-corrected chi connectivity index (χ0v) is 15.9. The van der Waals surface area contributed by atoms with Gasteiger partial charge < -0.3 is 15.0 Å². The van der Waals surface area contributed by atoms with Crippen LogP contribution in [0.3, 0.4) is 0 Å². The highest BCUT2D eigenvalue weighted by Crippen LogP contribution is 2.17. The van der Waals surface area contributed by atoms with Crippen molar-refractivity contribution < 1.29 is 14.3 Å². The van der Waals surface area contributed by atoms with E-state index in [4.69, 9.17) is 4.74 Å². The lowest BCUT2D eigenvalue weighted by atomic mass is 10.2. The van der Waals surface area contributed by atoms with Crippen molar-refractivity contribution in [3.05, 3.63) is 42.1 Å². The van der Waals surface area contributed by atoms with E-state index in [9.17, 15) is 9.59 Å². The summed E-state index contributed by atoms with van der Waals surface area (Å²) in [5.41, 5.74) is 1.38. The second-order valence-electron chi connectivity index (χ2n) is 6.40. The van der Waals surface area contributed by atoms with Gasteiger partial charge in [0, 0.05) is 25.8 Å². The van der Waals surface area contributed by atoms with E-state index in [1.165, 1.54) is 0 Å². The molecule has 0 fully saturated rings. The average Bonchev–Trinajstić information content (AvgIpc) is 3.09. The van der Waals surface area contributed by atoms with Crippen molar-refractivity contribution in [1.29, 1.82) is 0 Å². The van der Waals surface area contributed by atoms with Crippen LogP contribution in [0, 0.1) is 0 Å². The van der Waals surface area contributed by atoms with Crippen LogP contribution in [-0.2, 0) is 9.53 Å². The van der Waals surface area contributed by atoms with Crippen molar-refractivity contribution in [1.82, 2.24) is 9.78 Å². The molecule has 1 N–H and O–H groups in total. The standard InChI is InChI=1S/C19H26N4O3/c1-6-13(2)23-17(11-12-20-23)21-18(24)14(3)26-19(25)15-7-9-16(10-8-15)22(4)5/h7-14H,6H2,1-5H3,(H,21,24)/t13-,14+/m0/s1. The highest BCUT2D eigenvalue weighted by Gasteiger charge is 2.21. The molecule has 1 aromatic carbocycles. The molecule has 0 saturated carbocycles. The summed E-state index contributed by atoms with van der Waals surface area (Å²) in [6.07, 6.45) is 1.60. The van der Waals surface area contributed by atoms with Crippen molar-refractivity contribution >= 4 is 23.4 Å². The molecule has 0 radical (unpaired) electrons. The van der Waals surface area contributed by atoms with Crippen LogP contribution in [0.2, 0.25) is 0 Å². The summed E-state index contributed by atoms with van der Waals surface area (Å²) in [5.74, 6) is -0.343. The van der Waals surface area contributed by atoms with E-state index in [1.54, 1.807) is 36.0 Å². The maximum atomic E-state index is 12.3. The number of hydrogen-bond donors (Lipinski definition) is 1. The maximum Gasteiger partial charge on any atom is 0.338 e. The Kier molecular flexibility index (Phi) is 6.38. The molecule has 0 saturated heterocycles. The molecule has 0 aliphatic carbocycles. The molecule has 0 bridgehead atoms. The first kappa shape index (κ1) is 19.5. The fourth-order valence-corrected chi connectivity index (χ4v) is 2.34. The van der Waals surface area contributed by atoms with Crippen molar-refractivity contribution in [2.45, 2.75) is 39.3 Å². The van der Waals surface area contributed by atoms with Crippen molar-refractivity contribution in [3.8, 4) is 0 Å². The zero-order valence-electron chi connectivity index (χ0n) is 15.9. The minimum atomic E-state index is -0.920. The first-order chi connectivity index (χ1) is 12.3. The molecular formula is C19H26N4O3. The summed E-state index contributed by atoms with van der Waals surface area (Å²) < 4.78 is 7.02. The molecular weight excluding hydrogens is 332 g/mol. The van der Waals surface area contributed by atoms with Gasteiger partial charge in [0.25, 0.3) is 5.91 Å². The van der Waals surface area contributed by atoms with E-state index in [0.717, 1.165) is 12.1 Å². The van der Waals surface area contributed by atoms with Crippen LogP contribution in [0.15, 0.2) is 36.5 Å². The fraction of sp³-hybridized carbons (Fsp3) is 0.421. The molecule has 0 unspecified atom stereocenters. The quantitative estimate of drug-likeness (QED) is 0.770. The molecule has 26 heavy (non-hydrogen) atoms. The molecule has 1 aromatic heterocycles. The number of anilines is 2. The van der Waals surface area contributed by atoms with Crippen LogP contribution >= 0.6 is 0 Å². The lowest BCUT2D eigenvalue weighted by molar-refractivity contribution is -0.123. The van der Waals surface area contributed by atoms with E-state index in [2.05, 4.69) is 10.4 Å². The molecule has 140 valence electrons. The number of carbonyl (C=O) groups is 2. The molecule has 7 nitrogen and oxygen atoms in total. The smallest absolute Gasteiger partial charge is 0.338 e. The number of esters is 1. The largest absolute Gasteiger partial charge is 0.449 e. The van der Waals surface area contributed by atoms with E-state index < -0.39 is 18.0 Å². The highest BCUT2D eigenvalue weighted by molar-refractivity contribution is 5.97. The Balaban J connectivity index is 1.98. The van der Waals surface area contributed by atoms with Gasteiger partial charge in [-0.3, -0.25) is 4.79 Å². The zero-order chi connectivity index (χ0) is 19.3. The number of rotatable bonds is 7. The van der Waals surface area contributed by atoms with Gasteiger partial charge in [-0.15, -0.1) is 0 Å². The molecule has 2 aromatic rings. The number of benzene rings is 1. The summed E-state index contributed by atoms with van der Waals surface area (Å²) in [6.45, 7) is 5.61. The molecule has 0 aliphatic heterocycles. The molecule has 0 aliphatic rings. The van der Waals surface area contributed by atoms with Crippen molar-refractivity contribution in [3.63, 3.8) is 0 Å². The van der Waals surface area contributed by atoms with Gasteiger partial charge >= 0.3 is 5.97 Å². The van der Waals surface area contributed by atoms with Gasteiger partial charge in [-0.05, 0) is 44.5 Å². The third-order valence-corrected chi connectivity index (χ3v) is 4.20. The summed E-state index contributed by atoms with van der Waals surface area (Å²) in [6, 6.07) is 8.89. The van der Waals surface area contributed by atoms with Crippen LogP contribution < -0.4 is 10.2 Å². The predicted octanol–water partition coefficient (Wildman–Crippen LogP) is 3.10. The van der Waals surface area contributed by atoms with Crippen LogP contribution in [0.5, 0.6) is 0 Å². The van der Waals surface area contributed by atoms with Crippen LogP contribution in [0.1, 0.15) is 43.6 Å². The van der Waals surface area contributed by atoms with Gasteiger partial charge in [0.1, 0.15) is 5.82 Å². The number of aromatic nitrogens is 2.